The van der Waals surface area contributed by atoms with E-state index in [1.807, 2.05) is 6.92 Å². The van der Waals surface area contributed by atoms with Gasteiger partial charge < -0.3 is 10.1 Å². The van der Waals surface area contributed by atoms with E-state index in [9.17, 15) is 8.78 Å². The smallest absolute Gasteiger partial charge is 0.165 e. The van der Waals surface area contributed by atoms with Crippen LogP contribution in [0.1, 0.15) is 18.1 Å². The summed E-state index contributed by atoms with van der Waals surface area (Å²) in [7, 11) is 0. The number of rotatable bonds is 6. The monoisotopic (exact) mass is 355 g/mol. The standard InChI is InChI=1S/C16H16BrF2NO/c1-2-20-9-11-3-6-16(15(19)7-11)21-10-12-8-13(17)4-5-14(12)18/h3-8,20H,2,9-10H2,1H3. The molecule has 0 radical (unpaired) electrons. The maximum Gasteiger partial charge on any atom is 0.165 e. The molecule has 112 valence electrons. The van der Waals surface area contributed by atoms with Gasteiger partial charge in [0.15, 0.2) is 11.6 Å². The van der Waals surface area contributed by atoms with Crippen LogP contribution in [0.15, 0.2) is 40.9 Å². The van der Waals surface area contributed by atoms with Gasteiger partial charge in [-0.25, -0.2) is 8.78 Å². The van der Waals surface area contributed by atoms with E-state index in [1.165, 1.54) is 12.1 Å². The molecule has 0 aromatic heterocycles. The van der Waals surface area contributed by atoms with Gasteiger partial charge >= 0.3 is 0 Å². The van der Waals surface area contributed by atoms with Gasteiger partial charge in [0.1, 0.15) is 12.4 Å². The second-order valence-corrected chi connectivity index (χ2v) is 5.49. The Bertz CT molecular complexity index is 619. The number of ether oxygens (including phenoxy) is 1. The van der Waals surface area contributed by atoms with Crippen LogP contribution in [0.2, 0.25) is 0 Å². The molecular formula is C16H16BrF2NO. The maximum absolute atomic E-state index is 13.9. The molecule has 0 atom stereocenters. The molecule has 5 heteroatoms. The van der Waals surface area contributed by atoms with Crippen molar-refractivity contribution in [3.63, 3.8) is 0 Å². The lowest BCUT2D eigenvalue weighted by molar-refractivity contribution is 0.284. The van der Waals surface area contributed by atoms with Crippen molar-refractivity contribution in [3.8, 4) is 5.75 Å². The predicted molar refractivity (Wildman–Crippen MR) is 82.2 cm³/mol. The lowest BCUT2D eigenvalue weighted by Gasteiger charge is -2.10. The van der Waals surface area contributed by atoms with E-state index in [0.717, 1.165) is 16.6 Å². The molecule has 0 heterocycles. The normalized spacial score (nSPS) is 10.7. The first-order chi connectivity index (χ1) is 10.1. The second kappa shape index (κ2) is 7.52. The summed E-state index contributed by atoms with van der Waals surface area (Å²) in [6.45, 7) is 3.39. The summed E-state index contributed by atoms with van der Waals surface area (Å²) >= 11 is 3.27. The van der Waals surface area contributed by atoms with Crippen LogP contribution in [0, 0.1) is 11.6 Å². The van der Waals surface area contributed by atoms with Crippen LogP contribution in [0.4, 0.5) is 8.78 Å². The van der Waals surface area contributed by atoms with E-state index >= 15 is 0 Å². The van der Waals surface area contributed by atoms with Crippen molar-refractivity contribution in [2.75, 3.05) is 6.54 Å². The third kappa shape index (κ3) is 4.51. The zero-order valence-electron chi connectivity index (χ0n) is 11.6. The first kappa shape index (κ1) is 15.9. The molecule has 2 rings (SSSR count). The number of benzene rings is 2. The average molecular weight is 356 g/mol. The molecule has 0 spiro atoms. The number of hydrogen-bond acceptors (Lipinski definition) is 2. The summed E-state index contributed by atoms with van der Waals surface area (Å²) in [4.78, 5) is 0. The van der Waals surface area contributed by atoms with Gasteiger partial charge in [-0.15, -0.1) is 0 Å². The summed E-state index contributed by atoms with van der Waals surface area (Å²) in [5.74, 6) is -0.696. The van der Waals surface area contributed by atoms with E-state index in [1.54, 1.807) is 24.3 Å². The van der Waals surface area contributed by atoms with Crippen molar-refractivity contribution in [2.24, 2.45) is 0 Å². The van der Waals surface area contributed by atoms with Crippen LogP contribution in [0.5, 0.6) is 5.75 Å². The third-order valence-electron chi connectivity index (χ3n) is 2.97. The molecule has 0 aliphatic carbocycles. The molecule has 0 bridgehead atoms. The van der Waals surface area contributed by atoms with Crippen molar-refractivity contribution >= 4 is 15.9 Å². The van der Waals surface area contributed by atoms with E-state index in [4.69, 9.17) is 4.74 Å². The summed E-state index contributed by atoms with van der Waals surface area (Å²) in [6.07, 6.45) is 0. The SMILES string of the molecule is CCNCc1ccc(OCc2cc(Br)ccc2F)c(F)c1. The van der Waals surface area contributed by atoms with E-state index in [2.05, 4.69) is 21.2 Å². The van der Waals surface area contributed by atoms with Gasteiger partial charge in [0.2, 0.25) is 0 Å². The molecule has 0 amide bonds. The topological polar surface area (TPSA) is 21.3 Å². The summed E-state index contributed by atoms with van der Waals surface area (Å²) in [5, 5.41) is 3.12. The lowest BCUT2D eigenvalue weighted by atomic mass is 10.2. The minimum Gasteiger partial charge on any atom is -0.486 e. The van der Waals surface area contributed by atoms with Crippen molar-refractivity contribution in [1.82, 2.24) is 5.32 Å². The van der Waals surface area contributed by atoms with Crippen molar-refractivity contribution in [1.29, 1.82) is 0 Å². The van der Waals surface area contributed by atoms with Crippen LogP contribution in [0.3, 0.4) is 0 Å². The molecular weight excluding hydrogens is 340 g/mol. The van der Waals surface area contributed by atoms with E-state index in [-0.39, 0.29) is 18.2 Å². The van der Waals surface area contributed by atoms with Gasteiger partial charge in [0.05, 0.1) is 0 Å². The Morgan fingerprint density at radius 3 is 2.62 bits per heavy atom. The molecule has 0 fully saturated rings. The fourth-order valence-corrected chi connectivity index (χ4v) is 2.26. The van der Waals surface area contributed by atoms with Crippen LogP contribution >= 0.6 is 15.9 Å². The van der Waals surface area contributed by atoms with Crippen molar-refractivity contribution in [3.05, 3.63) is 63.6 Å². The summed E-state index contributed by atoms with van der Waals surface area (Å²) in [6, 6.07) is 9.35. The highest BCUT2D eigenvalue weighted by atomic mass is 79.9. The van der Waals surface area contributed by atoms with Crippen LogP contribution < -0.4 is 10.1 Å². The van der Waals surface area contributed by atoms with Gasteiger partial charge in [0.25, 0.3) is 0 Å². The molecule has 1 N–H and O–H groups in total. The zero-order valence-corrected chi connectivity index (χ0v) is 13.2. The fourth-order valence-electron chi connectivity index (χ4n) is 1.85. The largest absolute Gasteiger partial charge is 0.486 e. The summed E-state index contributed by atoms with van der Waals surface area (Å²) < 4.78 is 33.6. The fraction of sp³-hybridized carbons (Fsp3) is 0.250. The molecule has 0 aliphatic heterocycles. The van der Waals surface area contributed by atoms with Gasteiger partial charge in [-0.05, 0) is 42.4 Å². The van der Waals surface area contributed by atoms with E-state index in [0.29, 0.717) is 12.1 Å². The Morgan fingerprint density at radius 1 is 1.10 bits per heavy atom. The Balaban J connectivity index is 2.04. The number of halogens is 3. The second-order valence-electron chi connectivity index (χ2n) is 4.57. The first-order valence-electron chi connectivity index (χ1n) is 6.66. The highest BCUT2D eigenvalue weighted by Gasteiger charge is 2.08. The molecule has 21 heavy (non-hydrogen) atoms. The Labute approximate surface area is 131 Å². The first-order valence-corrected chi connectivity index (χ1v) is 7.45. The highest BCUT2D eigenvalue weighted by Crippen LogP contribution is 2.22. The van der Waals surface area contributed by atoms with Gasteiger partial charge in [-0.1, -0.05) is 28.9 Å². The summed E-state index contributed by atoms with van der Waals surface area (Å²) in [5.41, 5.74) is 1.22. The quantitative estimate of drug-likeness (QED) is 0.828. The molecule has 2 aromatic rings. The minimum absolute atomic E-state index is 0.0191. The van der Waals surface area contributed by atoms with Crippen LogP contribution in [-0.2, 0) is 13.2 Å². The van der Waals surface area contributed by atoms with E-state index < -0.39 is 5.82 Å². The van der Waals surface area contributed by atoms with Gasteiger partial charge in [-0.2, -0.15) is 0 Å². The lowest BCUT2D eigenvalue weighted by Crippen LogP contribution is -2.11. The zero-order chi connectivity index (χ0) is 15.2. The average Bonchev–Trinajstić information content (AvgIpc) is 2.47. The Morgan fingerprint density at radius 2 is 1.90 bits per heavy atom. The molecule has 2 aromatic carbocycles. The van der Waals surface area contributed by atoms with Crippen molar-refractivity contribution in [2.45, 2.75) is 20.1 Å². The Hall–Kier alpha value is -1.46. The van der Waals surface area contributed by atoms with Gasteiger partial charge in [-0.3, -0.25) is 0 Å². The molecule has 0 unspecified atom stereocenters. The molecule has 0 saturated carbocycles. The highest BCUT2D eigenvalue weighted by molar-refractivity contribution is 9.10. The Kier molecular flexibility index (Phi) is 5.70. The van der Waals surface area contributed by atoms with Crippen LogP contribution in [-0.4, -0.2) is 6.54 Å². The number of nitrogens with one attached hydrogen (secondary N) is 1. The minimum atomic E-state index is -0.444. The molecule has 2 nitrogen and oxygen atoms in total. The predicted octanol–water partition coefficient (Wildman–Crippen LogP) is 4.42. The number of hydrogen-bond donors (Lipinski definition) is 1. The van der Waals surface area contributed by atoms with Crippen LogP contribution in [0.25, 0.3) is 0 Å². The maximum atomic E-state index is 13.9. The van der Waals surface area contributed by atoms with Crippen molar-refractivity contribution < 1.29 is 13.5 Å². The van der Waals surface area contributed by atoms with Gasteiger partial charge in [0, 0.05) is 16.6 Å². The molecule has 0 saturated heterocycles. The molecule has 0 aliphatic rings. The third-order valence-corrected chi connectivity index (χ3v) is 3.46.